The molecule has 1 aromatic rings. The van der Waals surface area contributed by atoms with Crippen molar-refractivity contribution < 1.29 is 14.3 Å². The van der Waals surface area contributed by atoms with Crippen LogP contribution >= 0.6 is 0 Å². The molecule has 1 heterocycles. The van der Waals surface area contributed by atoms with Gasteiger partial charge in [0.25, 0.3) is 5.91 Å². The molecule has 2 unspecified atom stereocenters. The standard InChI is InChI=1S/C17H23NO3/c1-13-6-8-14(9-7-13)21-12-17(19)18-10-11-20-16-5-3-2-4-15(16)18/h6-9,15-16H,2-5,10-12H2,1H3. The Hall–Kier alpha value is -1.55. The van der Waals surface area contributed by atoms with E-state index in [0.717, 1.165) is 18.6 Å². The summed E-state index contributed by atoms with van der Waals surface area (Å²) >= 11 is 0. The first-order valence-corrected chi connectivity index (χ1v) is 7.84. The molecule has 0 aromatic heterocycles. The van der Waals surface area contributed by atoms with E-state index in [9.17, 15) is 4.79 Å². The van der Waals surface area contributed by atoms with E-state index in [-0.39, 0.29) is 24.7 Å². The van der Waals surface area contributed by atoms with E-state index in [1.807, 2.05) is 36.1 Å². The molecule has 4 nitrogen and oxygen atoms in total. The van der Waals surface area contributed by atoms with Crippen LogP contribution in [0.1, 0.15) is 31.2 Å². The molecular weight excluding hydrogens is 266 g/mol. The minimum Gasteiger partial charge on any atom is -0.484 e. The van der Waals surface area contributed by atoms with Gasteiger partial charge in [-0.1, -0.05) is 30.5 Å². The molecule has 0 radical (unpaired) electrons. The van der Waals surface area contributed by atoms with Crippen molar-refractivity contribution in [1.82, 2.24) is 4.90 Å². The molecular formula is C17H23NO3. The minimum atomic E-state index is 0.0794. The number of morpholine rings is 1. The van der Waals surface area contributed by atoms with E-state index in [1.165, 1.54) is 18.4 Å². The zero-order chi connectivity index (χ0) is 14.7. The van der Waals surface area contributed by atoms with Crippen LogP contribution in [0, 0.1) is 6.92 Å². The predicted molar refractivity (Wildman–Crippen MR) is 80.4 cm³/mol. The molecule has 0 N–H and O–H groups in total. The zero-order valence-corrected chi connectivity index (χ0v) is 12.6. The quantitative estimate of drug-likeness (QED) is 0.858. The molecule has 1 amide bonds. The topological polar surface area (TPSA) is 38.8 Å². The first-order chi connectivity index (χ1) is 10.2. The summed E-state index contributed by atoms with van der Waals surface area (Å²) in [7, 11) is 0. The van der Waals surface area contributed by atoms with Crippen molar-refractivity contribution >= 4 is 5.91 Å². The monoisotopic (exact) mass is 289 g/mol. The summed E-state index contributed by atoms with van der Waals surface area (Å²) < 4.78 is 11.4. The van der Waals surface area contributed by atoms with Crippen molar-refractivity contribution in [1.29, 1.82) is 0 Å². The maximum Gasteiger partial charge on any atom is 0.260 e. The largest absolute Gasteiger partial charge is 0.484 e. The summed E-state index contributed by atoms with van der Waals surface area (Å²) in [5, 5.41) is 0. The second-order valence-corrected chi connectivity index (χ2v) is 5.95. The molecule has 3 rings (SSSR count). The maximum atomic E-state index is 12.4. The lowest BCUT2D eigenvalue weighted by molar-refractivity contribution is -0.151. The highest BCUT2D eigenvalue weighted by molar-refractivity contribution is 5.78. The second-order valence-electron chi connectivity index (χ2n) is 5.95. The lowest BCUT2D eigenvalue weighted by Crippen LogP contribution is -2.55. The van der Waals surface area contributed by atoms with Gasteiger partial charge in [-0.2, -0.15) is 0 Å². The third kappa shape index (κ3) is 3.38. The van der Waals surface area contributed by atoms with Crippen LogP contribution in [0.2, 0.25) is 0 Å². The van der Waals surface area contributed by atoms with Crippen LogP contribution in [0.5, 0.6) is 5.75 Å². The van der Waals surface area contributed by atoms with Gasteiger partial charge in [-0.05, 0) is 31.9 Å². The highest BCUT2D eigenvalue weighted by atomic mass is 16.5. The van der Waals surface area contributed by atoms with Crippen LogP contribution < -0.4 is 4.74 Å². The number of benzene rings is 1. The first kappa shape index (κ1) is 14.4. The maximum absolute atomic E-state index is 12.4. The summed E-state index contributed by atoms with van der Waals surface area (Å²) in [6.45, 7) is 3.49. The van der Waals surface area contributed by atoms with Crippen molar-refractivity contribution in [3.05, 3.63) is 29.8 Å². The average molecular weight is 289 g/mol. The molecule has 1 saturated heterocycles. The third-order valence-electron chi connectivity index (χ3n) is 4.44. The summed E-state index contributed by atoms with van der Waals surface area (Å²) in [6.07, 6.45) is 4.76. The van der Waals surface area contributed by atoms with Crippen molar-refractivity contribution in [2.24, 2.45) is 0 Å². The summed E-state index contributed by atoms with van der Waals surface area (Å²) in [6, 6.07) is 8.05. The second kappa shape index (κ2) is 6.48. The Balaban J connectivity index is 1.57. The van der Waals surface area contributed by atoms with E-state index in [0.29, 0.717) is 13.2 Å². The van der Waals surface area contributed by atoms with Gasteiger partial charge >= 0.3 is 0 Å². The smallest absolute Gasteiger partial charge is 0.260 e. The van der Waals surface area contributed by atoms with Gasteiger partial charge in [-0.15, -0.1) is 0 Å². The molecule has 21 heavy (non-hydrogen) atoms. The third-order valence-corrected chi connectivity index (χ3v) is 4.44. The van der Waals surface area contributed by atoms with Crippen molar-refractivity contribution in [2.75, 3.05) is 19.8 Å². The number of hydrogen-bond donors (Lipinski definition) is 0. The van der Waals surface area contributed by atoms with Gasteiger partial charge in [0, 0.05) is 6.54 Å². The first-order valence-electron chi connectivity index (χ1n) is 7.84. The van der Waals surface area contributed by atoms with Crippen LogP contribution in [0.25, 0.3) is 0 Å². The van der Waals surface area contributed by atoms with Crippen LogP contribution in [0.15, 0.2) is 24.3 Å². The van der Waals surface area contributed by atoms with Gasteiger partial charge in [0.05, 0.1) is 18.8 Å². The number of aryl methyl sites for hydroxylation is 1. The predicted octanol–water partition coefficient (Wildman–Crippen LogP) is 2.54. The van der Waals surface area contributed by atoms with E-state index >= 15 is 0 Å². The van der Waals surface area contributed by atoms with Crippen LogP contribution in [0.4, 0.5) is 0 Å². The molecule has 1 aliphatic heterocycles. The van der Waals surface area contributed by atoms with Gasteiger partial charge in [0.15, 0.2) is 6.61 Å². The van der Waals surface area contributed by atoms with Crippen molar-refractivity contribution in [3.8, 4) is 5.75 Å². The van der Waals surface area contributed by atoms with Crippen molar-refractivity contribution in [3.63, 3.8) is 0 Å². The van der Waals surface area contributed by atoms with Crippen LogP contribution in [-0.2, 0) is 9.53 Å². The van der Waals surface area contributed by atoms with Gasteiger partial charge in [-0.25, -0.2) is 0 Å². The Morgan fingerprint density at radius 2 is 2.05 bits per heavy atom. The minimum absolute atomic E-state index is 0.0794. The van der Waals surface area contributed by atoms with E-state index in [2.05, 4.69) is 0 Å². The lowest BCUT2D eigenvalue weighted by atomic mass is 9.90. The molecule has 2 fully saturated rings. The normalized spacial score (nSPS) is 25.3. The summed E-state index contributed by atoms with van der Waals surface area (Å²) in [5.74, 6) is 0.832. The highest BCUT2D eigenvalue weighted by Crippen LogP contribution is 2.28. The molecule has 4 heteroatoms. The molecule has 1 aromatic carbocycles. The van der Waals surface area contributed by atoms with Gasteiger partial charge in [0.2, 0.25) is 0 Å². The Kier molecular flexibility index (Phi) is 4.44. The van der Waals surface area contributed by atoms with E-state index < -0.39 is 0 Å². The molecule has 2 atom stereocenters. The Bertz CT molecular complexity index is 483. The van der Waals surface area contributed by atoms with Crippen LogP contribution in [0.3, 0.4) is 0 Å². The number of carbonyl (C=O) groups excluding carboxylic acids is 1. The molecule has 2 aliphatic rings. The van der Waals surface area contributed by atoms with E-state index in [4.69, 9.17) is 9.47 Å². The van der Waals surface area contributed by atoms with Crippen LogP contribution in [-0.4, -0.2) is 42.7 Å². The number of rotatable bonds is 3. The molecule has 1 aliphatic carbocycles. The van der Waals surface area contributed by atoms with Gasteiger partial charge in [-0.3, -0.25) is 4.79 Å². The number of hydrogen-bond acceptors (Lipinski definition) is 3. The zero-order valence-electron chi connectivity index (χ0n) is 12.6. The Morgan fingerprint density at radius 3 is 2.86 bits per heavy atom. The average Bonchev–Trinajstić information content (AvgIpc) is 2.53. The highest BCUT2D eigenvalue weighted by Gasteiger charge is 2.36. The number of ether oxygens (including phenoxy) is 2. The van der Waals surface area contributed by atoms with Gasteiger partial charge < -0.3 is 14.4 Å². The van der Waals surface area contributed by atoms with E-state index in [1.54, 1.807) is 0 Å². The molecule has 0 spiro atoms. The summed E-state index contributed by atoms with van der Waals surface area (Å²) in [4.78, 5) is 14.4. The fourth-order valence-electron chi connectivity index (χ4n) is 3.27. The number of carbonyl (C=O) groups is 1. The van der Waals surface area contributed by atoms with Crippen molar-refractivity contribution in [2.45, 2.75) is 44.8 Å². The summed E-state index contributed by atoms with van der Waals surface area (Å²) in [5.41, 5.74) is 1.19. The lowest BCUT2D eigenvalue weighted by Gasteiger charge is -2.43. The Morgan fingerprint density at radius 1 is 1.29 bits per heavy atom. The Labute approximate surface area is 126 Å². The molecule has 1 saturated carbocycles. The fraction of sp³-hybridized carbons (Fsp3) is 0.588. The fourth-order valence-corrected chi connectivity index (χ4v) is 3.27. The number of nitrogens with zero attached hydrogens (tertiary/aromatic N) is 1. The SMILES string of the molecule is Cc1ccc(OCC(=O)N2CCOC3CCCCC32)cc1. The molecule has 0 bridgehead atoms. The number of amides is 1. The van der Waals surface area contributed by atoms with Gasteiger partial charge in [0.1, 0.15) is 5.75 Å². The molecule has 114 valence electrons. The number of fused-ring (bicyclic) bond motifs is 1.